The zero-order valence-corrected chi connectivity index (χ0v) is 12.7. The predicted octanol–water partition coefficient (Wildman–Crippen LogP) is 4.45. The van der Waals surface area contributed by atoms with Gasteiger partial charge in [0.05, 0.1) is 16.3 Å². The summed E-state index contributed by atoms with van der Waals surface area (Å²) in [6.45, 7) is 1.87. The van der Waals surface area contributed by atoms with Crippen molar-refractivity contribution in [2.45, 2.75) is 6.92 Å². The molecule has 0 unspecified atom stereocenters. The van der Waals surface area contributed by atoms with E-state index in [9.17, 15) is 4.79 Å². The number of nitrogens with one attached hydrogen (secondary N) is 1. The Morgan fingerprint density at radius 2 is 1.76 bits per heavy atom. The van der Waals surface area contributed by atoms with E-state index in [1.165, 1.54) is 4.68 Å². The molecule has 3 nitrogen and oxygen atoms in total. The maximum atomic E-state index is 12.7. The number of rotatable bonds is 2. The highest BCUT2D eigenvalue weighted by atomic mass is 35.5. The molecule has 1 aromatic heterocycles. The molecule has 0 aliphatic rings. The first kappa shape index (κ1) is 14.0. The van der Waals surface area contributed by atoms with Gasteiger partial charge in [-0.3, -0.25) is 9.89 Å². The van der Waals surface area contributed by atoms with Crippen molar-refractivity contribution in [3.63, 3.8) is 0 Å². The van der Waals surface area contributed by atoms with Gasteiger partial charge in [-0.25, -0.2) is 4.68 Å². The highest BCUT2D eigenvalue weighted by molar-refractivity contribution is 6.35. The average molecular weight is 319 g/mol. The molecule has 3 rings (SSSR count). The summed E-state index contributed by atoms with van der Waals surface area (Å²) in [5.74, 6) is 0. The van der Waals surface area contributed by atoms with E-state index in [1.807, 2.05) is 37.3 Å². The molecule has 5 heteroatoms. The minimum Gasteiger partial charge on any atom is -0.295 e. The van der Waals surface area contributed by atoms with Crippen LogP contribution in [0.2, 0.25) is 10.0 Å². The summed E-state index contributed by atoms with van der Waals surface area (Å²) in [6, 6.07) is 14.6. The highest BCUT2D eigenvalue weighted by Crippen LogP contribution is 2.25. The van der Waals surface area contributed by atoms with Gasteiger partial charge in [0.2, 0.25) is 0 Å². The van der Waals surface area contributed by atoms with Crippen LogP contribution in [0.4, 0.5) is 0 Å². The fourth-order valence-electron chi connectivity index (χ4n) is 2.32. The van der Waals surface area contributed by atoms with E-state index in [0.29, 0.717) is 21.3 Å². The molecule has 0 atom stereocenters. The summed E-state index contributed by atoms with van der Waals surface area (Å²) in [5, 5.41) is 4.02. The maximum absolute atomic E-state index is 12.7. The van der Waals surface area contributed by atoms with Crippen LogP contribution in [0.5, 0.6) is 0 Å². The molecule has 0 radical (unpaired) electrons. The number of aryl methyl sites for hydroxylation is 1. The van der Waals surface area contributed by atoms with Gasteiger partial charge in [-0.05, 0) is 30.7 Å². The lowest BCUT2D eigenvalue weighted by atomic mass is 10.1. The van der Waals surface area contributed by atoms with E-state index in [0.717, 1.165) is 11.3 Å². The standard InChI is InChI=1S/C16H12Cl2N2O/c1-10-15(11-5-3-2-4-6-11)16(21)20(19-10)14-8-7-12(17)9-13(14)18/h2-9,19H,1H3. The van der Waals surface area contributed by atoms with Crippen LogP contribution >= 0.6 is 23.2 Å². The van der Waals surface area contributed by atoms with Gasteiger partial charge < -0.3 is 0 Å². The van der Waals surface area contributed by atoms with Crippen molar-refractivity contribution in [2.75, 3.05) is 0 Å². The third-order valence-electron chi connectivity index (χ3n) is 3.28. The second-order valence-electron chi connectivity index (χ2n) is 4.71. The lowest BCUT2D eigenvalue weighted by Crippen LogP contribution is -2.16. The van der Waals surface area contributed by atoms with Crippen LogP contribution in [0.15, 0.2) is 53.3 Å². The minimum absolute atomic E-state index is 0.136. The molecule has 0 amide bonds. The van der Waals surface area contributed by atoms with Gasteiger partial charge in [0.1, 0.15) is 0 Å². The molecule has 0 saturated carbocycles. The van der Waals surface area contributed by atoms with Gasteiger partial charge >= 0.3 is 0 Å². The quantitative estimate of drug-likeness (QED) is 0.744. The molecule has 3 aromatic rings. The zero-order chi connectivity index (χ0) is 15.0. The molecule has 0 saturated heterocycles. The molecule has 2 aromatic carbocycles. The van der Waals surface area contributed by atoms with Crippen LogP contribution < -0.4 is 5.56 Å². The summed E-state index contributed by atoms with van der Waals surface area (Å²) in [5.41, 5.74) is 2.75. The number of benzene rings is 2. The summed E-state index contributed by atoms with van der Waals surface area (Å²) in [4.78, 5) is 12.7. The van der Waals surface area contributed by atoms with Crippen LogP contribution in [0.3, 0.4) is 0 Å². The van der Waals surface area contributed by atoms with E-state index < -0.39 is 0 Å². The van der Waals surface area contributed by atoms with E-state index >= 15 is 0 Å². The fourth-order valence-corrected chi connectivity index (χ4v) is 2.82. The third kappa shape index (κ3) is 2.50. The summed E-state index contributed by atoms with van der Waals surface area (Å²) < 4.78 is 1.44. The molecular weight excluding hydrogens is 307 g/mol. The summed E-state index contributed by atoms with van der Waals surface area (Å²) in [7, 11) is 0. The highest BCUT2D eigenvalue weighted by Gasteiger charge is 2.15. The second kappa shape index (κ2) is 5.43. The Labute approximate surface area is 131 Å². The Hall–Kier alpha value is -1.97. The van der Waals surface area contributed by atoms with Gasteiger partial charge in [-0.15, -0.1) is 0 Å². The van der Waals surface area contributed by atoms with Crippen molar-refractivity contribution in [1.82, 2.24) is 9.78 Å². The van der Waals surface area contributed by atoms with Crippen molar-refractivity contribution in [1.29, 1.82) is 0 Å². The molecule has 21 heavy (non-hydrogen) atoms. The smallest absolute Gasteiger partial charge is 0.279 e. The fraction of sp³-hybridized carbons (Fsp3) is 0.0625. The van der Waals surface area contributed by atoms with Crippen molar-refractivity contribution < 1.29 is 0 Å². The third-order valence-corrected chi connectivity index (χ3v) is 3.82. The minimum atomic E-state index is -0.136. The molecule has 1 heterocycles. The normalized spacial score (nSPS) is 10.8. The monoisotopic (exact) mass is 318 g/mol. The van der Waals surface area contributed by atoms with Crippen molar-refractivity contribution in [3.05, 3.63) is 74.6 Å². The number of aromatic nitrogens is 2. The number of hydrogen-bond acceptors (Lipinski definition) is 1. The second-order valence-corrected chi connectivity index (χ2v) is 5.56. The van der Waals surface area contributed by atoms with E-state index in [1.54, 1.807) is 18.2 Å². The number of halogens is 2. The zero-order valence-electron chi connectivity index (χ0n) is 11.2. The lowest BCUT2D eigenvalue weighted by Gasteiger charge is -2.04. The predicted molar refractivity (Wildman–Crippen MR) is 86.6 cm³/mol. The SMILES string of the molecule is Cc1[nH]n(-c2ccc(Cl)cc2Cl)c(=O)c1-c1ccccc1. The average Bonchev–Trinajstić information content (AvgIpc) is 2.75. The molecule has 0 spiro atoms. The van der Waals surface area contributed by atoms with Crippen LogP contribution in [0.25, 0.3) is 16.8 Å². The Bertz CT molecular complexity index is 850. The van der Waals surface area contributed by atoms with Crippen molar-refractivity contribution in [3.8, 4) is 16.8 Å². The lowest BCUT2D eigenvalue weighted by molar-refractivity contribution is 0.835. The van der Waals surface area contributed by atoms with Crippen LogP contribution in [-0.2, 0) is 0 Å². The number of H-pyrrole nitrogens is 1. The van der Waals surface area contributed by atoms with Crippen molar-refractivity contribution >= 4 is 23.2 Å². The van der Waals surface area contributed by atoms with Crippen molar-refractivity contribution in [2.24, 2.45) is 0 Å². The van der Waals surface area contributed by atoms with Gasteiger partial charge in [0, 0.05) is 10.7 Å². The van der Waals surface area contributed by atoms with Gasteiger partial charge in [-0.1, -0.05) is 53.5 Å². The van der Waals surface area contributed by atoms with E-state index in [-0.39, 0.29) is 5.56 Å². The number of nitrogens with zero attached hydrogens (tertiary/aromatic N) is 1. The molecule has 0 aliphatic heterocycles. The molecule has 0 fully saturated rings. The topological polar surface area (TPSA) is 37.8 Å². The summed E-state index contributed by atoms with van der Waals surface area (Å²) in [6.07, 6.45) is 0. The molecule has 106 valence electrons. The van der Waals surface area contributed by atoms with Gasteiger partial charge in [0.25, 0.3) is 5.56 Å². The maximum Gasteiger partial charge on any atom is 0.279 e. The molecule has 0 aliphatic carbocycles. The van der Waals surface area contributed by atoms with Crippen LogP contribution in [0, 0.1) is 6.92 Å². The van der Waals surface area contributed by atoms with E-state index in [4.69, 9.17) is 23.2 Å². The Kier molecular flexibility index (Phi) is 3.62. The largest absolute Gasteiger partial charge is 0.295 e. The Morgan fingerprint density at radius 1 is 1.05 bits per heavy atom. The first-order valence-corrected chi connectivity index (χ1v) is 7.16. The van der Waals surface area contributed by atoms with E-state index in [2.05, 4.69) is 5.10 Å². The first-order valence-electron chi connectivity index (χ1n) is 6.40. The Morgan fingerprint density at radius 3 is 2.43 bits per heavy atom. The summed E-state index contributed by atoms with van der Waals surface area (Å²) >= 11 is 12.1. The van der Waals surface area contributed by atoms with Crippen LogP contribution in [-0.4, -0.2) is 9.78 Å². The molecule has 1 N–H and O–H groups in total. The number of aromatic amines is 1. The number of hydrogen-bond donors (Lipinski definition) is 1. The van der Waals surface area contributed by atoms with Crippen LogP contribution in [0.1, 0.15) is 5.69 Å². The molecule has 0 bridgehead atoms. The Balaban J connectivity index is 2.21. The van der Waals surface area contributed by atoms with Gasteiger partial charge in [-0.2, -0.15) is 0 Å². The first-order chi connectivity index (χ1) is 10.1. The molecular formula is C16H12Cl2N2O. The van der Waals surface area contributed by atoms with Gasteiger partial charge in [0.15, 0.2) is 0 Å².